The van der Waals surface area contributed by atoms with E-state index in [0.717, 1.165) is 12.8 Å². The average Bonchev–Trinajstić information content (AvgIpc) is 1.35. The van der Waals surface area contributed by atoms with Crippen LogP contribution in [0.3, 0.4) is 0 Å². The van der Waals surface area contributed by atoms with Gasteiger partial charge in [0.2, 0.25) is 0 Å². The summed E-state index contributed by atoms with van der Waals surface area (Å²) >= 11 is 5.36. The molecule has 0 aromatic carbocycles. The normalized spacial score (nSPS) is 14.5. The molecule has 0 spiro atoms. The Morgan fingerprint density at radius 2 is 2.33 bits per heavy atom. The molecule has 2 N–H and O–H groups in total. The van der Waals surface area contributed by atoms with Crippen molar-refractivity contribution in [1.82, 2.24) is 0 Å². The molecule has 0 rings (SSSR count). The standard InChI is InChI=1S/C4H10ClN/c1-2-3-4(5)6/h4H,2-3,6H2,1H3. The number of hydrogen-bond donors (Lipinski definition) is 1. The van der Waals surface area contributed by atoms with Crippen molar-refractivity contribution >= 4 is 11.6 Å². The van der Waals surface area contributed by atoms with Gasteiger partial charge < -0.3 is 5.73 Å². The Labute approximate surface area is 43.5 Å². The van der Waals surface area contributed by atoms with Crippen LogP contribution in [-0.4, -0.2) is 5.50 Å². The van der Waals surface area contributed by atoms with Crippen LogP contribution in [0.1, 0.15) is 19.8 Å². The molecular formula is C4H10ClN. The van der Waals surface area contributed by atoms with Gasteiger partial charge in [0.15, 0.2) is 0 Å². The Kier molecular flexibility index (Phi) is 3.58. The monoisotopic (exact) mass is 107 g/mol. The Balaban J connectivity index is 2.63. The second-order valence-electron chi connectivity index (χ2n) is 1.30. The number of alkyl halides is 1. The molecule has 0 fully saturated rings. The fourth-order valence-electron chi connectivity index (χ4n) is 0.276. The lowest BCUT2D eigenvalue weighted by atomic mass is 10.3. The smallest absolute Gasteiger partial charge is 0.0800 e. The summed E-state index contributed by atoms with van der Waals surface area (Å²) in [6.07, 6.45) is 1.99. The topological polar surface area (TPSA) is 26.0 Å². The third kappa shape index (κ3) is 4.25. The largest absolute Gasteiger partial charge is 0.315 e. The minimum Gasteiger partial charge on any atom is -0.315 e. The Morgan fingerprint density at radius 1 is 1.83 bits per heavy atom. The maximum absolute atomic E-state index is 5.36. The first-order valence-corrected chi connectivity index (χ1v) is 2.60. The van der Waals surface area contributed by atoms with Crippen LogP contribution >= 0.6 is 11.6 Å². The molecule has 1 atom stereocenters. The van der Waals surface area contributed by atoms with Gasteiger partial charge in [-0.3, -0.25) is 0 Å². The van der Waals surface area contributed by atoms with Crippen LogP contribution in [0.5, 0.6) is 0 Å². The van der Waals surface area contributed by atoms with Crippen LogP contribution in [-0.2, 0) is 0 Å². The van der Waals surface area contributed by atoms with Crippen molar-refractivity contribution in [3.63, 3.8) is 0 Å². The third-order valence-corrected chi connectivity index (χ3v) is 0.783. The highest BCUT2D eigenvalue weighted by Crippen LogP contribution is 1.94. The molecule has 1 unspecified atom stereocenters. The molecule has 0 heterocycles. The lowest BCUT2D eigenvalue weighted by molar-refractivity contribution is 0.756. The quantitative estimate of drug-likeness (QED) is 0.418. The lowest BCUT2D eigenvalue weighted by Gasteiger charge is -1.94. The van der Waals surface area contributed by atoms with Crippen LogP contribution in [0.2, 0.25) is 0 Å². The summed E-state index contributed by atoms with van der Waals surface area (Å²) in [6, 6.07) is 0. The number of rotatable bonds is 2. The van der Waals surface area contributed by atoms with Gasteiger partial charge in [-0.25, -0.2) is 0 Å². The second-order valence-corrected chi connectivity index (χ2v) is 1.87. The molecule has 6 heavy (non-hydrogen) atoms. The molecule has 0 saturated heterocycles. The predicted molar refractivity (Wildman–Crippen MR) is 28.7 cm³/mol. The van der Waals surface area contributed by atoms with Gasteiger partial charge in [0.25, 0.3) is 0 Å². The van der Waals surface area contributed by atoms with Crippen LogP contribution in [0, 0.1) is 0 Å². The van der Waals surface area contributed by atoms with Crippen LogP contribution in [0.15, 0.2) is 0 Å². The van der Waals surface area contributed by atoms with Gasteiger partial charge in [0.1, 0.15) is 0 Å². The fraction of sp³-hybridized carbons (Fsp3) is 1.00. The van der Waals surface area contributed by atoms with E-state index in [1.807, 2.05) is 0 Å². The van der Waals surface area contributed by atoms with Gasteiger partial charge in [0.05, 0.1) is 5.50 Å². The molecule has 0 bridgehead atoms. The van der Waals surface area contributed by atoms with Crippen LogP contribution < -0.4 is 5.73 Å². The molecule has 0 amide bonds. The third-order valence-electron chi connectivity index (χ3n) is 0.564. The van der Waals surface area contributed by atoms with Crippen LogP contribution in [0.25, 0.3) is 0 Å². The zero-order chi connectivity index (χ0) is 4.99. The zero-order valence-electron chi connectivity index (χ0n) is 3.95. The molecule has 0 saturated carbocycles. The summed E-state index contributed by atoms with van der Waals surface area (Å²) in [6.45, 7) is 2.06. The fourth-order valence-corrected chi connectivity index (χ4v) is 0.494. The molecule has 0 aromatic heterocycles. The van der Waals surface area contributed by atoms with Gasteiger partial charge in [-0.2, -0.15) is 0 Å². The van der Waals surface area contributed by atoms with Crippen molar-refractivity contribution in [2.75, 3.05) is 0 Å². The van der Waals surface area contributed by atoms with E-state index < -0.39 is 0 Å². The SMILES string of the molecule is CCCC(N)Cl. The molecule has 0 aromatic rings. The predicted octanol–water partition coefficient (Wildman–Crippen LogP) is 1.31. The maximum atomic E-state index is 5.36. The summed E-state index contributed by atoms with van der Waals surface area (Å²) < 4.78 is 0. The minimum atomic E-state index is -0.130. The average molecular weight is 108 g/mol. The van der Waals surface area contributed by atoms with Crippen molar-refractivity contribution in [3.05, 3.63) is 0 Å². The molecule has 0 aliphatic rings. The van der Waals surface area contributed by atoms with Gasteiger partial charge >= 0.3 is 0 Å². The molecule has 0 radical (unpaired) electrons. The highest BCUT2D eigenvalue weighted by atomic mass is 35.5. The van der Waals surface area contributed by atoms with Gasteiger partial charge in [-0.05, 0) is 6.42 Å². The first-order chi connectivity index (χ1) is 2.77. The highest BCUT2D eigenvalue weighted by Gasteiger charge is 1.88. The van der Waals surface area contributed by atoms with Crippen LogP contribution in [0.4, 0.5) is 0 Å². The first-order valence-electron chi connectivity index (χ1n) is 2.17. The molecule has 38 valence electrons. The summed E-state index contributed by atoms with van der Waals surface area (Å²) in [5, 5.41) is 0. The van der Waals surface area contributed by atoms with Crippen molar-refractivity contribution in [3.8, 4) is 0 Å². The van der Waals surface area contributed by atoms with Crippen molar-refractivity contribution in [1.29, 1.82) is 0 Å². The Hall–Kier alpha value is 0.250. The van der Waals surface area contributed by atoms with E-state index in [1.54, 1.807) is 0 Å². The first kappa shape index (κ1) is 6.25. The minimum absolute atomic E-state index is 0.130. The van der Waals surface area contributed by atoms with Gasteiger partial charge in [-0.15, -0.1) is 11.6 Å². The Bertz CT molecular complexity index is 28.7. The van der Waals surface area contributed by atoms with E-state index >= 15 is 0 Å². The maximum Gasteiger partial charge on any atom is 0.0800 e. The van der Waals surface area contributed by atoms with E-state index in [9.17, 15) is 0 Å². The van der Waals surface area contributed by atoms with E-state index in [1.165, 1.54) is 0 Å². The second kappa shape index (κ2) is 3.44. The van der Waals surface area contributed by atoms with E-state index in [-0.39, 0.29) is 5.50 Å². The van der Waals surface area contributed by atoms with Crippen molar-refractivity contribution in [2.45, 2.75) is 25.3 Å². The number of halogens is 1. The van der Waals surface area contributed by atoms with E-state index in [2.05, 4.69) is 6.92 Å². The Morgan fingerprint density at radius 3 is 2.33 bits per heavy atom. The number of hydrogen-bond acceptors (Lipinski definition) is 1. The highest BCUT2D eigenvalue weighted by molar-refractivity contribution is 6.20. The number of nitrogens with two attached hydrogens (primary N) is 1. The van der Waals surface area contributed by atoms with Gasteiger partial charge in [0, 0.05) is 0 Å². The summed E-state index contributed by atoms with van der Waals surface area (Å²) in [4.78, 5) is 0. The van der Waals surface area contributed by atoms with Crippen molar-refractivity contribution < 1.29 is 0 Å². The molecule has 2 heteroatoms. The molecule has 0 aliphatic heterocycles. The summed E-state index contributed by atoms with van der Waals surface area (Å²) in [7, 11) is 0. The summed E-state index contributed by atoms with van der Waals surface area (Å²) in [5.74, 6) is 0. The van der Waals surface area contributed by atoms with Gasteiger partial charge in [-0.1, -0.05) is 13.3 Å². The molecular weight excluding hydrogens is 97.5 g/mol. The van der Waals surface area contributed by atoms with E-state index in [4.69, 9.17) is 17.3 Å². The van der Waals surface area contributed by atoms with Crippen molar-refractivity contribution in [2.24, 2.45) is 5.73 Å². The molecule has 0 aliphatic carbocycles. The van der Waals surface area contributed by atoms with E-state index in [0.29, 0.717) is 0 Å². The zero-order valence-corrected chi connectivity index (χ0v) is 4.70. The summed E-state index contributed by atoms with van der Waals surface area (Å²) in [5.41, 5.74) is 5.04. The lowest BCUT2D eigenvalue weighted by Crippen LogP contribution is -2.09. The molecule has 1 nitrogen and oxygen atoms in total.